The highest BCUT2D eigenvalue weighted by atomic mass is 35.5. The van der Waals surface area contributed by atoms with Gasteiger partial charge >= 0.3 is 5.63 Å². The van der Waals surface area contributed by atoms with Crippen molar-refractivity contribution in [3.63, 3.8) is 0 Å². The number of benzene rings is 3. The Balaban J connectivity index is 1.70. The third kappa shape index (κ3) is 3.46. The molecule has 0 fully saturated rings. The summed E-state index contributed by atoms with van der Waals surface area (Å²) in [5.41, 5.74) is 3.39. The molecule has 0 saturated carbocycles. The van der Waals surface area contributed by atoms with Gasteiger partial charge in [0.15, 0.2) is 0 Å². The third-order valence-electron chi connectivity index (χ3n) is 4.55. The summed E-state index contributed by atoms with van der Waals surface area (Å²) in [7, 11) is 0. The topological polar surface area (TPSA) is 39.4 Å². The van der Waals surface area contributed by atoms with Gasteiger partial charge in [0.25, 0.3) is 0 Å². The molecular weight excluding hydrogens is 360 g/mol. The van der Waals surface area contributed by atoms with Crippen molar-refractivity contribution in [1.82, 2.24) is 0 Å². The summed E-state index contributed by atoms with van der Waals surface area (Å²) in [6.07, 6.45) is 0. The second kappa shape index (κ2) is 7.29. The van der Waals surface area contributed by atoms with Crippen LogP contribution in [0, 0.1) is 6.92 Å². The Hall–Kier alpha value is -3.04. The molecule has 0 bridgehead atoms. The van der Waals surface area contributed by atoms with Crippen molar-refractivity contribution in [2.24, 2.45) is 0 Å². The van der Waals surface area contributed by atoms with Crippen LogP contribution in [0.3, 0.4) is 0 Å². The number of hydrogen-bond donors (Lipinski definition) is 0. The smallest absolute Gasteiger partial charge is 0.344 e. The van der Waals surface area contributed by atoms with Gasteiger partial charge in [-0.25, -0.2) is 4.79 Å². The Morgan fingerprint density at radius 3 is 2.48 bits per heavy atom. The minimum atomic E-state index is -0.352. The Labute approximate surface area is 161 Å². The number of hydrogen-bond acceptors (Lipinski definition) is 3. The summed E-state index contributed by atoms with van der Waals surface area (Å²) in [6, 6.07) is 22.6. The van der Waals surface area contributed by atoms with Crippen LogP contribution in [0.5, 0.6) is 5.75 Å². The summed E-state index contributed by atoms with van der Waals surface area (Å²) in [5, 5.41) is 1.55. The van der Waals surface area contributed by atoms with E-state index in [-0.39, 0.29) is 5.63 Å². The van der Waals surface area contributed by atoms with Crippen molar-refractivity contribution < 1.29 is 9.15 Å². The maximum atomic E-state index is 12.6. The van der Waals surface area contributed by atoms with Crippen LogP contribution in [0.1, 0.15) is 11.1 Å². The first-order valence-corrected chi connectivity index (χ1v) is 9.00. The monoisotopic (exact) mass is 376 g/mol. The molecule has 3 aromatic carbocycles. The standard InChI is InChI=1S/C23H17ClO3/c1-15-19-12-11-18(26-14-17-9-5-6-10-20(17)24)13-21(19)27-23(25)22(15)16-7-3-2-4-8-16/h2-13H,14H2,1H3. The number of rotatable bonds is 4. The summed E-state index contributed by atoms with van der Waals surface area (Å²) < 4.78 is 11.4. The molecule has 4 rings (SSSR count). The summed E-state index contributed by atoms with van der Waals surface area (Å²) >= 11 is 6.16. The molecule has 0 N–H and O–H groups in total. The summed E-state index contributed by atoms with van der Waals surface area (Å²) in [4.78, 5) is 12.6. The molecule has 4 heteroatoms. The number of aryl methyl sites for hydroxylation is 1. The zero-order valence-electron chi connectivity index (χ0n) is 14.7. The van der Waals surface area contributed by atoms with E-state index in [1.807, 2.05) is 73.7 Å². The van der Waals surface area contributed by atoms with Crippen molar-refractivity contribution in [1.29, 1.82) is 0 Å². The van der Waals surface area contributed by atoms with E-state index < -0.39 is 0 Å². The predicted molar refractivity (Wildman–Crippen MR) is 108 cm³/mol. The lowest BCUT2D eigenvalue weighted by Gasteiger charge is -2.11. The van der Waals surface area contributed by atoms with E-state index in [9.17, 15) is 4.79 Å². The molecule has 0 saturated heterocycles. The SMILES string of the molecule is Cc1c(-c2ccccc2)c(=O)oc2cc(OCc3ccccc3Cl)ccc12. The minimum Gasteiger partial charge on any atom is -0.489 e. The summed E-state index contributed by atoms with van der Waals surface area (Å²) in [5.74, 6) is 0.623. The molecular formula is C23H17ClO3. The number of halogens is 1. The fourth-order valence-corrected chi connectivity index (χ4v) is 3.33. The average molecular weight is 377 g/mol. The van der Waals surface area contributed by atoms with E-state index in [1.54, 1.807) is 6.07 Å². The van der Waals surface area contributed by atoms with Crippen molar-refractivity contribution in [3.05, 3.63) is 99.4 Å². The Bertz CT molecular complexity index is 1160. The zero-order chi connectivity index (χ0) is 18.8. The van der Waals surface area contributed by atoms with E-state index in [0.29, 0.717) is 28.5 Å². The average Bonchev–Trinajstić information content (AvgIpc) is 2.68. The van der Waals surface area contributed by atoms with Crippen LogP contribution in [-0.2, 0) is 6.61 Å². The van der Waals surface area contributed by atoms with Crippen LogP contribution in [0.2, 0.25) is 5.02 Å². The highest BCUT2D eigenvalue weighted by Crippen LogP contribution is 2.29. The van der Waals surface area contributed by atoms with Crippen LogP contribution < -0.4 is 10.4 Å². The van der Waals surface area contributed by atoms with Crippen LogP contribution in [0.25, 0.3) is 22.1 Å². The van der Waals surface area contributed by atoms with E-state index in [2.05, 4.69) is 0 Å². The quantitative estimate of drug-likeness (QED) is 0.410. The van der Waals surface area contributed by atoms with Gasteiger partial charge in [0.1, 0.15) is 17.9 Å². The maximum absolute atomic E-state index is 12.6. The normalized spacial score (nSPS) is 10.9. The molecule has 27 heavy (non-hydrogen) atoms. The molecule has 3 nitrogen and oxygen atoms in total. The molecule has 134 valence electrons. The molecule has 0 radical (unpaired) electrons. The van der Waals surface area contributed by atoms with Crippen molar-refractivity contribution in [3.8, 4) is 16.9 Å². The van der Waals surface area contributed by atoms with E-state index >= 15 is 0 Å². The van der Waals surface area contributed by atoms with E-state index in [4.69, 9.17) is 20.8 Å². The van der Waals surface area contributed by atoms with Gasteiger partial charge in [0, 0.05) is 22.0 Å². The Morgan fingerprint density at radius 1 is 0.963 bits per heavy atom. The van der Waals surface area contributed by atoms with Gasteiger partial charge in [-0.05, 0) is 36.2 Å². The maximum Gasteiger partial charge on any atom is 0.344 e. The first kappa shape index (κ1) is 17.4. The molecule has 0 amide bonds. The first-order chi connectivity index (χ1) is 13.1. The molecule has 1 heterocycles. The molecule has 4 aromatic rings. The first-order valence-electron chi connectivity index (χ1n) is 8.62. The largest absolute Gasteiger partial charge is 0.489 e. The number of fused-ring (bicyclic) bond motifs is 1. The van der Waals surface area contributed by atoms with Gasteiger partial charge in [-0.2, -0.15) is 0 Å². The molecule has 0 aliphatic rings. The van der Waals surface area contributed by atoms with Gasteiger partial charge < -0.3 is 9.15 Å². The molecule has 0 aliphatic heterocycles. The van der Waals surface area contributed by atoms with E-state index in [0.717, 1.165) is 22.1 Å². The van der Waals surface area contributed by atoms with Crippen molar-refractivity contribution in [2.45, 2.75) is 13.5 Å². The second-order valence-corrected chi connectivity index (χ2v) is 6.70. The van der Waals surface area contributed by atoms with Crippen molar-refractivity contribution >= 4 is 22.6 Å². The van der Waals surface area contributed by atoms with Crippen LogP contribution in [0.15, 0.2) is 82.0 Å². The minimum absolute atomic E-state index is 0.344. The summed E-state index contributed by atoms with van der Waals surface area (Å²) in [6.45, 7) is 2.28. The van der Waals surface area contributed by atoms with Gasteiger partial charge in [-0.3, -0.25) is 0 Å². The lowest BCUT2D eigenvalue weighted by atomic mass is 10.00. The fraction of sp³-hybridized carbons (Fsp3) is 0.0870. The van der Waals surface area contributed by atoms with Gasteiger partial charge in [-0.1, -0.05) is 60.1 Å². The van der Waals surface area contributed by atoms with Gasteiger partial charge in [0.05, 0.1) is 5.56 Å². The van der Waals surface area contributed by atoms with E-state index in [1.165, 1.54) is 0 Å². The van der Waals surface area contributed by atoms with Crippen LogP contribution in [0.4, 0.5) is 0 Å². The Kier molecular flexibility index (Phi) is 4.69. The lowest BCUT2D eigenvalue weighted by Crippen LogP contribution is -2.06. The van der Waals surface area contributed by atoms with Gasteiger partial charge in [0.2, 0.25) is 0 Å². The molecule has 0 atom stereocenters. The van der Waals surface area contributed by atoms with Crippen LogP contribution >= 0.6 is 11.6 Å². The van der Waals surface area contributed by atoms with Gasteiger partial charge in [-0.15, -0.1) is 0 Å². The molecule has 0 aliphatic carbocycles. The highest BCUT2D eigenvalue weighted by Gasteiger charge is 2.13. The van der Waals surface area contributed by atoms with Crippen LogP contribution in [-0.4, -0.2) is 0 Å². The fourth-order valence-electron chi connectivity index (χ4n) is 3.14. The third-order valence-corrected chi connectivity index (χ3v) is 4.92. The molecule has 0 unspecified atom stereocenters. The molecule has 1 aromatic heterocycles. The van der Waals surface area contributed by atoms with Crippen molar-refractivity contribution in [2.75, 3.05) is 0 Å². The predicted octanol–water partition coefficient (Wildman–Crippen LogP) is 6.00. The lowest BCUT2D eigenvalue weighted by molar-refractivity contribution is 0.306. The Morgan fingerprint density at radius 2 is 1.70 bits per heavy atom. The number of ether oxygens (including phenoxy) is 1. The zero-order valence-corrected chi connectivity index (χ0v) is 15.5. The molecule has 0 spiro atoms. The second-order valence-electron chi connectivity index (χ2n) is 6.29. The highest BCUT2D eigenvalue weighted by molar-refractivity contribution is 6.31.